The molecule has 0 amide bonds. The largest absolute Gasteiger partial charge is 0.467 e. The molecule has 9 heteroatoms. The van der Waals surface area contributed by atoms with Gasteiger partial charge in [0.1, 0.15) is 11.7 Å². The highest BCUT2D eigenvalue weighted by atomic mass is 16.6. The first-order chi connectivity index (χ1) is 10.3. The lowest BCUT2D eigenvalue weighted by atomic mass is 10.0. The summed E-state index contributed by atoms with van der Waals surface area (Å²) in [7, 11) is 1.22. The molecule has 0 bridgehead atoms. The number of anilines is 1. The maximum Gasteiger partial charge on any atom is 0.328 e. The molecule has 0 saturated heterocycles. The van der Waals surface area contributed by atoms with Crippen LogP contribution in [0.3, 0.4) is 0 Å². The van der Waals surface area contributed by atoms with E-state index >= 15 is 0 Å². The van der Waals surface area contributed by atoms with Gasteiger partial charge < -0.3 is 10.1 Å². The summed E-state index contributed by atoms with van der Waals surface area (Å²) in [6, 6.07) is 2.43. The fourth-order valence-corrected chi connectivity index (χ4v) is 1.92. The minimum absolute atomic E-state index is 0.0339. The third-order valence-corrected chi connectivity index (χ3v) is 2.91. The fourth-order valence-electron chi connectivity index (χ4n) is 1.92. The molecule has 0 saturated carbocycles. The van der Waals surface area contributed by atoms with Crippen molar-refractivity contribution in [1.82, 2.24) is 0 Å². The highest BCUT2D eigenvalue weighted by Crippen LogP contribution is 2.30. The Kier molecular flexibility index (Phi) is 5.79. The van der Waals surface area contributed by atoms with Crippen molar-refractivity contribution in [2.45, 2.75) is 26.3 Å². The third kappa shape index (κ3) is 4.40. The summed E-state index contributed by atoms with van der Waals surface area (Å²) < 4.78 is 4.67. The summed E-state index contributed by atoms with van der Waals surface area (Å²) in [6.45, 7) is 3.78. The number of nitro benzene ring substituents is 2. The molecular formula is C13H17N3O6. The van der Waals surface area contributed by atoms with Gasteiger partial charge in [-0.05, 0) is 18.4 Å². The molecule has 9 nitrogen and oxygen atoms in total. The van der Waals surface area contributed by atoms with E-state index in [9.17, 15) is 25.0 Å². The number of hydrogen-bond donors (Lipinski definition) is 1. The van der Waals surface area contributed by atoms with E-state index in [4.69, 9.17) is 0 Å². The Balaban J connectivity index is 3.15. The first-order valence-electron chi connectivity index (χ1n) is 6.53. The van der Waals surface area contributed by atoms with Crippen LogP contribution in [-0.2, 0) is 9.53 Å². The highest BCUT2D eigenvalue weighted by molar-refractivity contribution is 5.81. The van der Waals surface area contributed by atoms with Crippen LogP contribution in [0.25, 0.3) is 0 Å². The van der Waals surface area contributed by atoms with Gasteiger partial charge in [-0.1, -0.05) is 13.8 Å². The van der Waals surface area contributed by atoms with Gasteiger partial charge >= 0.3 is 5.97 Å². The predicted molar refractivity (Wildman–Crippen MR) is 78.6 cm³/mol. The Morgan fingerprint density at radius 1 is 1.27 bits per heavy atom. The van der Waals surface area contributed by atoms with E-state index in [0.717, 1.165) is 12.1 Å². The monoisotopic (exact) mass is 311 g/mol. The lowest BCUT2D eigenvalue weighted by molar-refractivity contribution is -0.393. The van der Waals surface area contributed by atoms with Crippen molar-refractivity contribution in [3.05, 3.63) is 38.4 Å². The van der Waals surface area contributed by atoms with Crippen LogP contribution in [0.4, 0.5) is 17.1 Å². The van der Waals surface area contributed by atoms with Crippen LogP contribution in [0.15, 0.2) is 18.2 Å². The number of nitrogens with zero attached hydrogens (tertiary/aromatic N) is 2. The Morgan fingerprint density at radius 2 is 1.91 bits per heavy atom. The summed E-state index contributed by atoms with van der Waals surface area (Å²) in [4.78, 5) is 32.1. The molecule has 0 aliphatic rings. The summed E-state index contributed by atoms with van der Waals surface area (Å²) in [5, 5.41) is 24.5. The molecule has 0 aromatic heterocycles. The number of esters is 1. The zero-order valence-corrected chi connectivity index (χ0v) is 12.4. The van der Waals surface area contributed by atoms with Crippen molar-refractivity contribution in [1.29, 1.82) is 0 Å². The molecule has 120 valence electrons. The lowest BCUT2D eigenvalue weighted by Gasteiger charge is -2.19. The number of non-ortho nitro benzene ring substituents is 1. The van der Waals surface area contributed by atoms with Crippen LogP contribution in [0.1, 0.15) is 20.3 Å². The summed E-state index contributed by atoms with van der Waals surface area (Å²) >= 11 is 0. The predicted octanol–water partition coefficient (Wildman–Crippen LogP) is 2.50. The molecule has 1 N–H and O–H groups in total. The molecule has 22 heavy (non-hydrogen) atoms. The second-order valence-electron chi connectivity index (χ2n) is 5.07. The number of rotatable bonds is 7. The van der Waals surface area contributed by atoms with Crippen molar-refractivity contribution in [2.75, 3.05) is 12.4 Å². The molecule has 0 aliphatic carbocycles. The van der Waals surface area contributed by atoms with Crippen LogP contribution >= 0.6 is 0 Å². The quantitative estimate of drug-likeness (QED) is 0.466. The summed E-state index contributed by atoms with van der Waals surface area (Å²) in [5.41, 5.74) is -0.825. The van der Waals surface area contributed by atoms with Crippen molar-refractivity contribution in [2.24, 2.45) is 5.92 Å². The van der Waals surface area contributed by atoms with E-state index in [-0.39, 0.29) is 11.6 Å². The van der Waals surface area contributed by atoms with Gasteiger partial charge in [-0.3, -0.25) is 20.2 Å². The van der Waals surface area contributed by atoms with Gasteiger partial charge in [-0.15, -0.1) is 0 Å². The average molecular weight is 311 g/mol. The second-order valence-corrected chi connectivity index (χ2v) is 5.07. The van der Waals surface area contributed by atoms with Crippen molar-refractivity contribution >= 4 is 23.0 Å². The van der Waals surface area contributed by atoms with E-state index < -0.39 is 33.2 Å². The molecule has 0 heterocycles. The Labute approximate surface area is 126 Å². The van der Waals surface area contributed by atoms with E-state index in [1.165, 1.54) is 13.2 Å². The minimum atomic E-state index is -0.773. The first kappa shape index (κ1) is 17.3. The number of nitrogens with one attached hydrogen (secondary N) is 1. The second kappa shape index (κ2) is 7.34. The van der Waals surface area contributed by atoms with Crippen molar-refractivity contribution < 1.29 is 19.4 Å². The first-order valence-corrected chi connectivity index (χ1v) is 6.53. The summed E-state index contributed by atoms with van der Waals surface area (Å²) in [5.74, 6) is -0.407. The van der Waals surface area contributed by atoms with Crippen molar-refractivity contribution in [3.8, 4) is 0 Å². The van der Waals surface area contributed by atoms with Crippen LogP contribution in [0.5, 0.6) is 0 Å². The van der Waals surface area contributed by atoms with Crippen molar-refractivity contribution in [3.63, 3.8) is 0 Å². The van der Waals surface area contributed by atoms with E-state index in [1.54, 1.807) is 0 Å². The maximum absolute atomic E-state index is 11.7. The minimum Gasteiger partial charge on any atom is -0.467 e. The number of hydrogen-bond acceptors (Lipinski definition) is 7. The van der Waals surface area contributed by atoms with Gasteiger partial charge in [0.05, 0.1) is 23.0 Å². The van der Waals surface area contributed by atoms with Crippen LogP contribution in [-0.4, -0.2) is 29.0 Å². The van der Waals surface area contributed by atoms with Crippen LogP contribution < -0.4 is 5.32 Å². The molecular weight excluding hydrogens is 294 g/mol. The number of carbonyl (C=O) groups is 1. The molecule has 0 aliphatic heterocycles. The Bertz CT molecular complexity index is 587. The summed E-state index contributed by atoms with van der Waals surface area (Å²) in [6.07, 6.45) is 0.404. The van der Waals surface area contributed by atoms with Crippen LogP contribution in [0, 0.1) is 26.1 Å². The van der Waals surface area contributed by atoms with Gasteiger partial charge in [0.2, 0.25) is 0 Å². The molecule has 0 radical (unpaired) electrons. The SMILES string of the molecule is COC(=O)[C@H](CC(C)C)Nc1ccc([N+](=O)[O-])cc1[N+](=O)[O-]. The zero-order chi connectivity index (χ0) is 16.9. The number of methoxy groups -OCH3 is 1. The molecule has 1 rings (SSSR count). The third-order valence-electron chi connectivity index (χ3n) is 2.91. The van der Waals surface area contributed by atoms with E-state index in [0.29, 0.717) is 6.42 Å². The molecule has 0 fully saturated rings. The lowest BCUT2D eigenvalue weighted by Crippen LogP contribution is -2.32. The van der Waals surface area contributed by atoms with Gasteiger partial charge in [-0.2, -0.15) is 0 Å². The van der Waals surface area contributed by atoms with E-state index in [2.05, 4.69) is 10.1 Å². The maximum atomic E-state index is 11.7. The van der Waals surface area contributed by atoms with Gasteiger partial charge in [0.25, 0.3) is 11.4 Å². The molecule has 0 spiro atoms. The fraction of sp³-hybridized carbons (Fsp3) is 0.462. The smallest absolute Gasteiger partial charge is 0.328 e. The topological polar surface area (TPSA) is 125 Å². The highest BCUT2D eigenvalue weighted by Gasteiger charge is 2.25. The number of carbonyl (C=O) groups excluding carboxylic acids is 1. The number of benzene rings is 1. The average Bonchev–Trinajstić information content (AvgIpc) is 2.45. The standard InChI is InChI=1S/C13H17N3O6/c1-8(2)6-11(13(17)22-3)14-10-5-4-9(15(18)19)7-12(10)16(20)21/h4-5,7-8,11,14H,6H2,1-3H3/t11-/m0/s1. The van der Waals surface area contributed by atoms with Gasteiger partial charge in [-0.25, -0.2) is 4.79 Å². The van der Waals surface area contributed by atoms with E-state index in [1.807, 2.05) is 13.8 Å². The molecule has 0 unspecified atom stereocenters. The van der Waals surface area contributed by atoms with Crippen LogP contribution in [0.2, 0.25) is 0 Å². The number of nitro groups is 2. The Hall–Kier alpha value is -2.71. The normalized spacial score (nSPS) is 11.8. The Morgan fingerprint density at radius 3 is 2.36 bits per heavy atom. The number of ether oxygens (including phenoxy) is 1. The van der Waals surface area contributed by atoms with Gasteiger partial charge in [0, 0.05) is 6.07 Å². The molecule has 1 atom stereocenters. The molecule has 1 aromatic carbocycles. The molecule has 1 aromatic rings. The van der Waals surface area contributed by atoms with Gasteiger partial charge in [0.15, 0.2) is 0 Å². The zero-order valence-electron chi connectivity index (χ0n) is 12.4.